The van der Waals surface area contributed by atoms with Crippen molar-refractivity contribution in [2.75, 3.05) is 5.43 Å². The van der Waals surface area contributed by atoms with Crippen LogP contribution in [0.4, 0.5) is 5.69 Å². The Morgan fingerprint density at radius 1 is 1.36 bits per heavy atom. The summed E-state index contributed by atoms with van der Waals surface area (Å²) in [4.78, 5) is 2.27. The van der Waals surface area contributed by atoms with Crippen molar-refractivity contribution in [3.05, 3.63) is 27.7 Å². The Kier molecular flexibility index (Phi) is 3.45. The summed E-state index contributed by atoms with van der Waals surface area (Å²) < 4.78 is 0.933. The number of hydrogen-bond donors (Lipinski definition) is 2. The van der Waals surface area contributed by atoms with Gasteiger partial charge in [0.05, 0.1) is 10.7 Å². The number of hydrogen-bond acceptors (Lipinski definition) is 2. The van der Waals surface area contributed by atoms with E-state index in [1.165, 1.54) is 0 Å². The van der Waals surface area contributed by atoms with E-state index in [1.807, 2.05) is 12.1 Å². The molecule has 5 heteroatoms. The zero-order valence-corrected chi connectivity index (χ0v) is 8.46. The largest absolute Gasteiger partial charge is 0.306 e. The van der Waals surface area contributed by atoms with Crippen LogP contribution in [0.1, 0.15) is 0 Å². The molecule has 2 nitrogen and oxygen atoms in total. The van der Waals surface area contributed by atoms with Crippen LogP contribution in [0.3, 0.4) is 0 Å². The summed E-state index contributed by atoms with van der Waals surface area (Å²) in [5.74, 6) is 0. The van der Waals surface area contributed by atoms with Crippen molar-refractivity contribution in [3.63, 3.8) is 0 Å². The number of nitrogens with one attached hydrogen (secondary N) is 2. The molecule has 0 saturated carbocycles. The average molecular weight is 256 g/mol. The molecule has 0 aromatic heterocycles. The lowest BCUT2D eigenvalue weighted by Gasteiger charge is -2.04. The summed E-state index contributed by atoms with van der Waals surface area (Å²) >= 11 is 14.3. The molecule has 11 heavy (non-hydrogen) atoms. The lowest BCUT2D eigenvalue weighted by Crippen LogP contribution is -2.08. The van der Waals surface area contributed by atoms with Crippen LogP contribution >= 0.6 is 39.3 Å². The second-order valence-corrected chi connectivity index (χ2v) is 3.36. The summed E-state index contributed by atoms with van der Waals surface area (Å²) in [5, 5.41) is 0.604. The maximum Gasteiger partial charge on any atom is 0.0687 e. The molecule has 0 bridgehead atoms. The third-order valence-corrected chi connectivity index (χ3v) is 2.01. The summed E-state index contributed by atoms with van der Waals surface area (Å²) in [6.45, 7) is 0. The molecular weight excluding hydrogens is 251 g/mol. The van der Waals surface area contributed by atoms with Crippen LogP contribution in [0, 0.1) is 0 Å². The van der Waals surface area contributed by atoms with Gasteiger partial charge in [-0.3, -0.25) is 0 Å². The van der Waals surface area contributed by atoms with E-state index in [2.05, 4.69) is 26.3 Å². The van der Waals surface area contributed by atoms with E-state index in [9.17, 15) is 0 Å². The maximum absolute atomic E-state index is 5.82. The quantitative estimate of drug-likeness (QED) is 0.627. The molecular formula is C6H5BrCl2N2. The van der Waals surface area contributed by atoms with Gasteiger partial charge in [0, 0.05) is 4.47 Å². The third kappa shape index (κ3) is 2.52. The third-order valence-electron chi connectivity index (χ3n) is 1.11. The molecule has 0 fully saturated rings. The topological polar surface area (TPSA) is 24.1 Å². The average Bonchev–Trinajstić information content (AvgIpc) is 1.95. The molecule has 0 heterocycles. The van der Waals surface area contributed by atoms with Gasteiger partial charge >= 0.3 is 0 Å². The molecule has 0 aliphatic carbocycles. The molecule has 60 valence electrons. The number of benzene rings is 1. The van der Waals surface area contributed by atoms with Crippen LogP contribution in [0.5, 0.6) is 0 Å². The van der Waals surface area contributed by atoms with E-state index in [-0.39, 0.29) is 0 Å². The molecule has 2 N–H and O–H groups in total. The van der Waals surface area contributed by atoms with Crippen LogP contribution < -0.4 is 10.4 Å². The maximum atomic E-state index is 5.82. The molecule has 0 saturated heterocycles. The van der Waals surface area contributed by atoms with Crippen LogP contribution in [-0.2, 0) is 0 Å². The Bertz CT molecular complexity index is 254. The van der Waals surface area contributed by atoms with Crippen molar-refractivity contribution in [3.8, 4) is 0 Å². The monoisotopic (exact) mass is 254 g/mol. The van der Waals surface area contributed by atoms with E-state index in [4.69, 9.17) is 23.4 Å². The standard InChI is InChI=1S/C6H5BrCl2N2/c7-4-1-2-6(10-11-9)5(8)3-4/h1-3,10-11H. The molecule has 0 aliphatic rings. The molecule has 0 aliphatic heterocycles. The van der Waals surface area contributed by atoms with Gasteiger partial charge in [-0.25, -0.2) is 0 Å². The molecule has 0 unspecified atom stereocenters. The Hall–Kier alpha value is 0.0400. The van der Waals surface area contributed by atoms with E-state index >= 15 is 0 Å². The zero-order chi connectivity index (χ0) is 8.27. The molecule has 0 amide bonds. The number of anilines is 1. The molecule has 1 aromatic carbocycles. The summed E-state index contributed by atoms with van der Waals surface area (Å²) in [5.41, 5.74) is 3.41. The Labute approximate surface area is 83.1 Å². The number of rotatable bonds is 2. The summed E-state index contributed by atoms with van der Waals surface area (Å²) in [7, 11) is 0. The second kappa shape index (κ2) is 4.16. The fourth-order valence-corrected chi connectivity index (χ4v) is 1.46. The predicted octanol–water partition coefficient (Wildman–Crippen LogP) is 3.17. The summed E-state index contributed by atoms with van der Waals surface area (Å²) in [6, 6.07) is 5.45. The first kappa shape index (κ1) is 9.13. The minimum atomic E-state index is 0.604. The van der Waals surface area contributed by atoms with Crippen LogP contribution in [0.25, 0.3) is 0 Å². The van der Waals surface area contributed by atoms with Gasteiger partial charge in [-0.2, -0.15) is 0 Å². The first-order valence-corrected chi connectivity index (χ1v) is 4.35. The highest BCUT2D eigenvalue weighted by molar-refractivity contribution is 9.10. The zero-order valence-electron chi connectivity index (χ0n) is 5.37. The van der Waals surface area contributed by atoms with Gasteiger partial charge in [0.1, 0.15) is 0 Å². The Morgan fingerprint density at radius 3 is 2.64 bits per heavy atom. The van der Waals surface area contributed by atoms with E-state index in [1.54, 1.807) is 6.07 Å². The van der Waals surface area contributed by atoms with Crippen LogP contribution in [-0.4, -0.2) is 0 Å². The molecule has 0 atom stereocenters. The van der Waals surface area contributed by atoms with Crippen molar-refractivity contribution in [1.29, 1.82) is 0 Å². The van der Waals surface area contributed by atoms with Gasteiger partial charge in [0.2, 0.25) is 0 Å². The summed E-state index contributed by atoms with van der Waals surface area (Å²) in [6.07, 6.45) is 0. The second-order valence-electron chi connectivity index (χ2n) is 1.84. The molecule has 0 spiro atoms. The van der Waals surface area contributed by atoms with E-state index in [0.717, 1.165) is 10.2 Å². The van der Waals surface area contributed by atoms with Gasteiger partial charge in [-0.15, -0.1) is 4.94 Å². The highest BCUT2D eigenvalue weighted by atomic mass is 79.9. The van der Waals surface area contributed by atoms with Crippen LogP contribution in [0.2, 0.25) is 5.02 Å². The lowest BCUT2D eigenvalue weighted by molar-refractivity contribution is 1.20. The minimum Gasteiger partial charge on any atom is -0.306 e. The van der Waals surface area contributed by atoms with Gasteiger partial charge in [-0.1, -0.05) is 27.5 Å². The first-order chi connectivity index (χ1) is 5.24. The van der Waals surface area contributed by atoms with Gasteiger partial charge in [0.15, 0.2) is 0 Å². The molecule has 1 aromatic rings. The van der Waals surface area contributed by atoms with Crippen LogP contribution in [0.15, 0.2) is 22.7 Å². The number of hydrazine groups is 1. The SMILES string of the molecule is ClNNc1ccc(Br)cc1Cl. The lowest BCUT2D eigenvalue weighted by atomic mass is 10.3. The van der Waals surface area contributed by atoms with Gasteiger partial charge < -0.3 is 5.43 Å². The van der Waals surface area contributed by atoms with Crippen molar-refractivity contribution < 1.29 is 0 Å². The fraction of sp³-hybridized carbons (Fsp3) is 0. The van der Waals surface area contributed by atoms with Crippen molar-refractivity contribution in [2.45, 2.75) is 0 Å². The van der Waals surface area contributed by atoms with Crippen molar-refractivity contribution in [2.24, 2.45) is 0 Å². The molecule has 1 rings (SSSR count). The van der Waals surface area contributed by atoms with Crippen molar-refractivity contribution in [1.82, 2.24) is 4.94 Å². The van der Waals surface area contributed by atoms with Gasteiger partial charge in [0.25, 0.3) is 0 Å². The van der Waals surface area contributed by atoms with Crippen molar-refractivity contribution >= 4 is 45.0 Å². The Balaban J connectivity index is 2.90. The first-order valence-electron chi connectivity index (χ1n) is 2.80. The Morgan fingerprint density at radius 2 is 2.09 bits per heavy atom. The predicted molar refractivity (Wildman–Crippen MR) is 51.8 cm³/mol. The number of halogens is 3. The highest BCUT2D eigenvalue weighted by Gasteiger charge is 1.97. The fourth-order valence-electron chi connectivity index (χ4n) is 0.642. The molecule has 0 radical (unpaired) electrons. The van der Waals surface area contributed by atoms with Gasteiger partial charge in [-0.05, 0) is 30.0 Å². The highest BCUT2D eigenvalue weighted by Crippen LogP contribution is 2.24. The minimum absolute atomic E-state index is 0.604. The smallest absolute Gasteiger partial charge is 0.0687 e. The normalized spacial score (nSPS) is 9.73. The van der Waals surface area contributed by atoms with E-state index < -0.39 is 0 Å². The van der Waals surface area contributed by atoms with E-state index in [0.29, 0.717) is 5.02 Å².